The summed E-state index contributed by atoms with van der Waals surface area (Å²) >= 11 is 0. The lowest BCUT2D eigenvalue weighted by Crippen LogP contribution is -2.61. The molecule has 4 aliphatic rings. The smallest absolute Gasteiger partial charge is 0.298 e. The van der Waals surface area contributed by atoms with E-state index in [-0.39, 0.29) is 17.7 Å². The number of Topliss-reactive ketones (excluding diaryl/α,β-unsaturated/α-hetero) is 1. The van der Waals surface area contributed by atoms with Crippen molar-refractivity contribution in [3.63, 3.8) is 0 Å². The van der Waals surface area contributed by atoms with Crippen molar-refractivity contribution in [2.75, 3.05) is 19.6 Å². The average molecular weight is 364 g/mol. The Morgan fingerprint density at radius 2 is 1.78 bits per heavy atom. The third-order valence-electron chi connectivity index (χ3n) is 6.70. The fraction of sp³-hybridized carbons (Fsp3) is 0.455. The van der Waals surface area contributed by atoms with Gasteiger partial charge in [-0.2, -0.15) is 0 Å². The number of nitrogens with zero attached hydrogens (tertiary/aromatic N) is 2. The van der Waals surface area contributed by atoms with E-state index in [1.165, 1.54) is 17.4 Å². The second-order valence-electron chi connectivity index (χ2n) is 8.14. The predicted octanol–water partition coefficient (Wildman–Crippen LogP) is 2.86. The summed E-state index contributed by atoms with van der Waals surface area (Å²) in [5.41, 5.74) is 2.50. The van der Waals surface area contributed by atoms with E-state index in [1.54, 1.807) is 12.1 Å². The number of rotatable bonds is 3. The van der Waals surface area contributed by atoms with Crippen LogP contribution in [0.3, 0.4) is 0 Å². The number of aryl methyl sites for hydroxylation is 1. The number of amides is 1. The fourth-order valence-corrected chi connectivity index (χ4v) is 5.41. The molecular weight excluding hydrogens is 340 g/mol. The molecule has 4 saturated heterocycles. The molecule has 2 aromatic rings. The van der Waals surface area contributed by atoms with Crippen LogP contribution in [0.5, 0.6) is 0 Å². The first kappa shape index (κ1) is 16.8. The van der Waals surface area contributed by atoms with Gasteiger partial charge in [0.25, 0.3) is 11.7 Å². The monoisotopic (exact) mass is 364 g/mol. The minimum Gasteiger partial charge on any atom is -0.461 e. The molecule has 5 heterocycles. The Morgan fingerprint density at radius 3 is 2.44 bits per heavy atom. The van der Waals surface area contributed by atoms with Gasteiger partial charge < -0.3 is 9.32 Å². The molecule has 4 aliphatic heterocycles. The normalized spacial score (nSPS) is 31.7. The van der Waals surface area contributed by atoms with Crippen molar-refractivity contribution in [1.29, 1.82) is 0 Å². The maximum atomic E-state index is 13.1. The molecule has 2 bridgehead atoms. The minimum atomic E-state index is -0.528. The van der Waals surface area contributed by atoms with Crippen LogP contribution < -0.4 is 0 Å². The zero-order chi connectivity index (χ0) is 18.5. The average Bonchev–Trinajstić information content (AvgIpc) is 3.38. The maximum absolute atomic E-state index is 13.1. The Balaban J connectivity index is 1.50. The maximum Gasteiger partial charge on any atom is 0.298 e. The van der Waals surface area contributed by atoms with E-state index in [0.29, 0.717) is 18.5 Å². The van der Waals surface area contributed by atoms with Gasteiger partial charge in [-0.3, -0.25) is 14.5 Å². The third-order valence-corrected chi connectivity index (χ3v) is 6.70. The van der Waals surface area contributed by atoms with Gasteiger partial charge in [0.15, 0.2) is 5.76 Å². The van der Waals surface area contributed by atoms with E-state index in [0.717, 1.165) is 25.9 Å². The molecule has 0 saturated carbocycles. The van der Waals surface area contributed by atoms with E-state index >= 15 is 0 Å². The molecule has 1 aromatic heterocycles. The number of hydrogen-bond donors (Lipinski definition) is 0. The predicted molar refractivity (Wildman–Crippen MR) is 101 cm³/mol. The van der Waals surface area contributed by atoms with Crippen molar-refractivity contribution in [2.24, 2.45) is 5.92 Å². The molecule has 0 N–H and O–H groups in total. The first-order valence-corrected chi connectivity index (χ1v) is 9.83. The first-order valence-electron chi connectivity index (χ1n) is 9.83. The molecule has 6 rings (SSSR count). The van der Waals surface area contributed by atoms with Crippen molar-refractivity contribution in [2.45, 2.75) is 37.8 Å². The summed E-state index contributed by atoms with van der Waals surface area (Å²) < 4.78 is 5.19. The number of benzene rings is 1. The van der Waals surface area contributed by atoms with Crippen molar-refractivity contribution in [1.82, 2.24) is 9.80 Å². The number of fused-ring (bicyclic) bond motifs is 2. The van der Waals surface area contributed by atoms with E-state index in [4.69, 9.17) is 4.42 Å². The van der Waals surface area contributed by atoms with Gasteiger partial charge in [-0.15, -0.1) is 0 Å². The van der Waals surface area contributed by atoms with E-state index in [2.05, 4.69) is 36.1 Å². The molecule has 5 heteroatoms. The summed E-state index contributed by atoms with van der Waals surface area (Å²) in [6.07, 6.45) is 3.66. The lowest BCUT2D eigenvalue weighted by atomic mass is 9.75. The van der Waals surface area contributed by atoms with Crippen LogP contribution in [0.2, 0.25) is 0 Å². The molecular formula is C22H24N2O3. The first-order chi connectivity index (χ1) is 13.1. The summed E-state index contributed by atoms with van der Waals surface area (Å²) in [4.78, 5) is 30.2. The Morgan fingerprint density at radius 1 is 1.04 bits per heavy atom. The largest absolute Gasteiger partial charge is 0.461 e. The van der Waals surface area contributed by atoms with Crippen molar-refractivity contribution < 1.29 is 14.0 Å². The summed E-state index contributed by atoms with van der Waals surface area (Å²) in [7, 11) is 0. The van der Waals surface area contributed by atoms with Gasteiger partial charge in [-0.25, -0.2) is 0 Å². The van der Waals surface area contributed by atoms with Crippen LogP contribution in [0.4, 0.5) is 0 Å². The fourth-order valence-electron chi connectivity index (χ4n) is 5.41. The van der Waals surface area contributed by atoms with Gasteiger partial charge in [0.2, 0.25) is 0 Å². The zero-order valence-corrected chi connectivity index (χ0v) is 15.5. The summed E-state index contributed by atoms with van der Waals surface area (Å²) in [6.45, 7) is 4.90. The van der Waals surface area contributed by atoms with Gasteiger partial charge in [0.05, 0.1) is 12.3 Å². The second-order valence-corrected chi connectivity index (χ2v) is 8.14. The molecule has 0 unspecified atom stereocenters. The molecule has 3 atom stereocenters. The number of piperidine rings is 3. The van der Waals surface area contributed by atoms with Crippen molar-refractivity contribution in [3.05, 3.63) is 59.5 Å². The molecule has 5 nitrogen and oxygen atoms in total. The second kappa shape index (κ2) is 6.34. The Hall–Kier alpha value is -2.40. The highest BCUT2D eigenvalue weighted by atomic mass is 16.3. The number of carbonyl (C=O) groups excluding carboxylic acids is 2. The molecule has 0 radical (unpaired) electrons. The standard InChI is InChI=1S/C22H24N2O3/c1-14-4-6-15(7-5-14)17-13-24(22(26)21(25)18-3-2-12-27-18)19-16-8-10-23(11-9-16)20(17)19/h2-7,12,16-17,19-20H,8-11,13H2,1H3/t17-,19-,20-/m1/s1. The molecule has 1 amide bonds. The quantitative estimate of drug-likeness (QED) is 0.621. The molecule has 1 aromatic carbocycles. The zero-order valence-electron chi connectivity index (χ0n) is 15.5. The van der Waals surface area contributed by atoms with Crippen LogP contribution in [-0.2, 0) is 4.79 Å². The lowest BCUT2D eigenvalue weighted by Gasteiger charge is -2.51. The number of likely N-dealkylation sites (tertiary alicyclic amines) is 1. The molecule has 0 aliphatic carbocycles. The highest BCUT2D eigenvalue weighted by Gasteiger charge is 2.55. The molecule has 0 spiro atoms. The lowest BCUT2D eigenvalue weighted by molar-refractivity contribution is -0.131. The van der Waals surface area contributed by atoms with Crippen LogP contribution in [0, 0.1) is 12.8 Å². The van der Waals surface area contributed by atoms with Crippen LogP contribution in [-0.4, -0.2) is 53.2 Å². The van der Waals surface area contributed by atoms with Crippen LogP contribution in [0.15, 0.2) is 47.1 Å². The summed E-state index contributed by atoms with van der Waals surface area (Å²) in [6, 6.07) is 12.3. The van der Waals surface area contributed by atoms with Gasteiger partial charge in [-0.05, 0) is 56.5 Å². The van der Waals surface area contributed by atoms with Crippen molar-refractivity contribution >= 4 is 11.7 Å². The summed E-state index contributed by atoms with van der Waals surface area (Å²) in [5, 5.41) is 0. The van der Waals surface area contributed by atoms with E-state index < -0.39 is 11.7 Å². The van der Waals surface area contributed by atoms with Gasteiger partial charge >= 0.3 is 0 Å². The number of hydrogen-bond acceptors (Lipinski definition) is 4. The topological polar surface area (TPSA) is 53.8 Å². The highest BCUT2D eigenvalue weighted by molar-refractivity contribution is 6.42. The Kier molecular flexibility index (Phi) is 3.93. The van der Waals surface area contributed by atoms with Gasteiger partial charge in [0.1, 0.15) is 0 Å². The van der Waals surface area contributed by atoms with Crippen LogP contribution in [0.25, 0.3) is 0 Å². The SMILES string of the molecule is Cc1ccc([C@H]2CN(C(=O)C(=O)c3ccco3)[C@@H]3C4CCN(CC4)[C@H]23)cc1. The van der Waals surface area contributed by atoms with Gasteiger partial charge in [0, 0.05) is 18.5 Å². The Labute approximate surface area is 158 Å². The Bertz CT molecular complexity index is 850. The number of furan rings is 1. The van der Waals surface area contributed by atoms with E-state index in [9.17, 15) is 9.59 Å². The van der Waals surface area contributed by atoms with Crippen molar-refractivity contribution in [3.8, 4) is 0 Å². The highest BCUT2D eigenvalue weighted by Crippen LogP contribution is 2.46. The minimum absolute atomic E-state index is 0.130. The third kappa shape index (κ3) is 2.64. The van der Waals surface area contributed by atoms with Crippen LogP contribution >= 0.6 is 0 Å². The molecule has 4 fully saturated rings. The van der Waals surface area contributed by atoms with E-state index in [1.807, 2.05) is 4.90 Å². The van der Waals surface area contributed by atoms with Gasteiger partial charge in [-0.1, -0.05) is 29.8 Å². The molecule has 27 heavy (non-hydrogen) atoms. The van der Waals surface area contributed by atoms with Crippen LogP contribution in [0.1, 0.15) is 40.4 Å². The molecule has 140 valence electrons. The summed E-state index contributed by atoms with van der Waals surface area (Å²) in [5.74, 6) is -0.0597. The number of carbonyl (C=O) groups is 2. The number of ketones is 1.